The highest BCUT2D eigenvalue weighted by molar-refractivity contribution is 5.97. The van der Waals surface area contributed by atoms with E-state index in [4.69, 9.17) is 0 Å². The Hall–Kier alpha value is -2.41. The molecule has 0 radical (unpaired) electrons. The molecule has 1 amide bonds. The molecule has 0 spiro atoms. The quantitative estimate of drug-likeness (QED) is 0.767. The predicted octanol–water partition coefficient (Wildman–Crippen LogP) is 0.580. The topological polar surface area (TPSA) is 96.0 Å². The van der Waals surface area contributed by atoms with Crippen LogP contribution in [0.5, 0.6) is 0 Å². The Kier molecular flexibility index (Phi) is 4.53. The molecule has 3 rings (SSSR count). The minimum absolute atomic E-state index is 0.136. The molecule has 7 heteroatoms. The summed E-state index contributed by atoms with van der Waals surface area (Å²) in [4.78, 5) is 39.3. The molecule has 1 aromatic heterocycles. The number of hydrogen-bond acceptors (Lipinski definition) is 4. The summed E-state index contributed by atoms with van der Waals surface area (Å²) in [5.41, 5.74) is 0.0362. The molecule has 0 saturated carbocycles. The van der Waals surface area contributed by atoms with Crippen molar-refractivity contribution < 1.29 is 4.79 Å². The maximum atomic E-state index is 12.4. The van der Waals surface area contributed by atoms with E-state index in [0.717, 1.165) is 24.0 Å². The number of aromatic amines is 1. The summed E-state index contributed by atoms with van der Waals surface area (Å²) in [6.07, 6.45) is 1.78. The molecule has 1 aliphatic heterocycles. The second-order valence-corrected chi connectivity index (χ2v) is 6.29. The van der Waals surface area contributed by atoms with Crippen molar-refractivity contribution >= 4 is 16.8 Å². The van der Waals surface area contributed by atoms with Crippen LogP contribution in [0, 0.1) is 0 Å². The number of H-pyrrole nitrogens is 1. The average molecular weight is 330 g/mol. The fraction of sp³-hybridized carbons (Fsp3) is 0.471. The fourth-order valence-corrected chi connectivity index (χ4v) is 3.21. The maximum absolute atomic E-state index is 12.4. The number of hydrogen-bond donors (Lipinski definition) is 3. The van der Waals surface area contributed by atoms with E-state index in [0.29, 0.717) is 29.1 Å². The van der Waals surface area contributed by atoms with Gasteiger partial charge in [0.2, 0.25) is 0 Å². The summed E-state index contributed by atoms with van der Waals surface area (Å²) < 4.78 is 1.14. The van der Waals surface area contributed by atoms with Crippen LogP contribution in [-0.2, 0) is 6.54 Å². The first-order chi connectivity index (χ1) is 11.5. The van der Waals surface area contributed by atoms with Gasteiger partial charge in [-0.1, -0.05) is 0 Å². The summed E-state index contributed by atoms with van der Waals surface area (Å²) >= 11 is 0. The Labute approximate surface area is 139 Å². The van der Waals surface area contributed by atoms with Gasteiger partial charge in [0, 0.05) is 24.2 Å². The van der Waals surface area contributed by atoms with Crippen molar-refractivity contribution in [1.82, 2.24) is 20.2 Å². The number of amides is 1. The van der Waals surface area contributed by atoms with Crippen LogP contribution < -0.4 is 21.9 Å². The predicted molar refractivity (Wildman–Crippen MR) is 92.5 cm³/mol. The molecule has 0 bridgehead atoms. The van der Waals surface area contributed by atoms with Gasteiger partial charge in [0.25, 0.3) is 11.5 Å². The zero-order valence-corrected chi connectivity index (χ0v) is 13.9. The highest BCUT2D eigenvalue weighted by Gasteiger charge is 2.20. The van der Waals surface area contributed by atoms with E-state index >= 15 is 0 Å². The third-order valence-corrected chi connectivity index (χ3v) is 4.52. The molecule has 2 unspecified atom stereocenters. The van der Waals surface area contributed by atoms with Gasteiger partial charge in [-0.2, -0.15) is 0 Å². The highest BCUT2D eigenvalue weighted by Crippen LogP contribution is 2.12. The first kappa shape index (κ1) is 16.4. The van der Waals surface area contributed by atoms with E-state index in [2.05, 4.69) is 22.5 Å². The standard InChI is InChI=1S/C17H22N4O3/c1-3-21-16(23)13-5-4-11(9-14(13)20-17(21)24)15(22)19-12-6-7-18-10(2)8-12/h4-5,9-10,12,18H,3,6-8H2,1-2H3,(H,19,22)(H,20,24). The van der Waals surface area contributed by atoms with Crippen molar-refractivity contribution in [3.05, 3.63) is 44.6 Å². The molecular weight excluding hydrogens is 308 g/mol. The molecule has 2 atom stereocenters. The molecule has 2 heterocycles. The Balaban J connectivity index is 1.89. The number of carbonyl (C=O) groups excluding carboxylic acids is 1. The second kappa shape index (κ2) is 6.60. The Morgan fingerprint density at radius 1 is 1.38 bits per heavy atom. The molecule has 7 nitrogen and oxygen atoms in total. The molecular formula is C17H22N4O3. The van der Waals surface area contributed by atoms with Crippen LogP contribution in [0.3, 0.4) is 0 Å². The number of fused-ring (bicyclic) bond motifs is 1. The summed E-state index contributed by atoms with van der Waals surface area (Å²) in [5.74, 6) is -0.184. The van der Waals surface area contributed by atoms with Crippen molar-refractivity contribution in [1.29, 1.82) is 0 Å². The van der Waals surface area contributed by atoms with Crippen molar-refractivity contribution in [2.24, 2.45) is 0 Å². The highest BCUT2D eigenvalue weighted by atomic mass is 16.2. The van der Waals surface area contributed by atoms with Gasteiger partial charge < -0.3 is 15.6 Å². The van der Waals surface area contributed by atoms with Crippen LogP contribution in [0.4, 0.5) is 0 Å². The van der Waals surface area contributed by atoms with Crippen molar-refractivity contribution in [2.45, 2.75) is 45.3 Å². The lowest BCUT2D eigenvalue weighted by molar-refractivity contribution is 0.0926. The van der Waals surface area contributed by atoms with E-state index in [-0.39, 0.29) is 17.5 Å². The third-order valence-electron chi connectivity index (χ3n) is 4.52. The smallest absolute Gasteiger partial charge is 0.328 e. The zero-order chi connectivity index (χ0) is 17.3. The number of nitrogens with one attached hydrogen (secondary N) is 3. The summed E-state index contributed by atoms with van der Waals surface area (Å²) in [6, 6.07) is 5.31. The van der Waals surface area contributed by atoms with Crippen LogP contribution in [0.15, 0.2) is 27.8 Å². The van der Waals surface area contributed by atoms with Gasteiger partial charge in [0.15, 0.2) is 0 Å². The van der Waals surface area contributed by atoms with E-state index in [9.17, 15) is 14.4 Å². The summed E-state index contributed by atoms with van der Waals surface area (Å²) in [6.45, 7) is 5.02. The normalized spacial score (nSPS) is 20.9. The lowest BCUT2D eigenvalue weighted by Crippen LogP contribution is -2.46. The maximum Gasteiger partial charge on any atom is 0.328 e. The zero-order valence-electron chi connectivity index (χ0n) is 13.9. The lowest BCUT2D eigenvalue weighted by atomic mass is 10.00. The molecule has 128 valence electrons. The monoisotopic (exact) mass is 330 g/mol. The van der Waals surface area contributed by atoms with Gasteiger partial charge in [-0.05, 0) is 51.4 Å². The minimum atomic E-state index is -0.459. The van der Waals surface area contributed by atoms with E-state index in [1.807, 2.05) is 0 Å². The molecule has 0 aliphatic carbocycles. The van der Waals surface area contributed by atoms with Crippen molar-refractivity contribution in [3.63, 3.8) is 0 Å². The molecule has 24 heavy (non-hydrogen) atoms. The minimum Gasteiger partial charge on any atom is -0.349 e. The molecule has 1 fully saturated rings. The number of nitrogens with zero attached hydrogens (tertiary/aromatic N) is 1. The van der Waals surface area contributed by atoms with Crippen LogP contribution in [0.1, 0.15) is 37.0 Å². The van der Waals surface area contributed by atoms with Crippen molar-refractivity contribution in [3.8, 4) is 0 Å². The van der Waals surface area contributed by atoms with Crippen LogP contribution in [0.2, 0.25) is 0 Å². The van der Waals surface area contributed by atoms with Gasteiger partial charge >= 0.3 is 5.69 Å². The van der Waals surface area contributed by atoms with Gasteiger partial charge in [-0.25, -0.2) is 4.79 Å². The Morgan fingerprint density at radius 2 is 2.17 bits per heavy atom. The number of aromatic nitrogens is 2. The van der Waals surface area contributed by atoms with Gasteiger partial charge in [-0.15, -0.1) is 0 Å². The molecule has 2 aromatic rings. The molecule has 1 aliphatic rings. The first-order valence-electron chi connectivity index (χ1n) is 8.30. The second-order valence-electron chi connectivity index (χ2n) is 6.29. The number of piperidine rings is 1. The third kappa shape index (κ3) is 3.12. The van der Waals surface area contributed by atoms with E-state index in [1.54, 1.807) is 25.1 Å². The van der Waals surface area contributed by atoms with Crippen LogP contribution >= 0.6 is 0 Å². The molecule has 3 N–H and O–H groups in total. The molecule has 1 aromatic carbocycles. The van der Waals surface area contributed by atoms with Gasteiger partial charge in [0.05, 0.1) is 10.9 Å². The molecule has 1 saturated heterocycles. The number of carbonyl (C=O) groups is 1. The number of rotatable bonds is 3. The van der Waals surface area contributed by atoms with E-state index < -0.39 is 5.69 Å². The fourth-order valence-electron chi connectivity index (χ4n) is 3.21. The Morgan fingerprint density at radius 3 is 2.88 bits per heavy atom. The Bertz CT molecular complexity index is 884. The lowest BCUT2D eigenvalue weighted by Gasteiger charge is -2.28. The summed E-state index contributed by atoms with van der Waals surface area (Å²) in [5, 5.41) is 6.78. The van der Waals surface area contributed by atoms with Crippen LogP contribution in [-0.4, -0.2) is 34.1 Å². The van der Waals surface area contributed by atoms with E-state index in [1.165, 1.54) is 0 Å². The largest absolute Gasteiger partial charge is 0.349 e. The SMILES string of the molecule is CCn1c(=O)[nH]c2cc(C(=O)NC3CCNC(C)C3)ccc2c1=O. The van der Waals surface area contributed by atoms with Gasteiger partial charge in [0.1, 0.15) is 0 Å². The summed E-state index contributed by atoms with van der Waals surface area (Å²) in [7, 11) is 0. The number of benzene rings is 1. The van der Waals surface area contributed by atoms with Crippen LogP contribution in [0.25, 0.3) is 10.9 Å². The van der Waals surface area contributed by atoms with Crippen molar-refractivity contribution in [2.75, 3.05) is 6.54 Å². The average Bonchev–Trinajstić information content (AvgIpc) is 2.54. The van der Waals surface area contributed by atoms with Gasteiger partial charge in [-0.3, -0.25) is 14.2 Å². The first-order valence-corrected chi connectivity index (χ1v) is 8.30.